The SMILES string of the molecule is C[C@H]1CN(C(=O)CN2CCN(c3cccc(F)c3C#N)CC2)CCO1. The van der Waals surface area contributed by atoms with Crippen molar-refractivity contribution in [1.82, 2.24) is 9.80 Å². The highest BCUT2D eigenvalue weighted by Gasteiger charge is 2.26. The summed E-state index contributed by atoms with van der Waals surface area (Å²) in [4.78, 5) is 18.4. The number of ether oxygens (including phenoxy) is 1. The maximum Gasteiger partial charge on any atom is 0.236 e. The standard InChI is InChI=1S/C18H23FN4O2/c1-14-12-23(9-10-25-14)18(24)13-21-5-7-22(8-6-21)17-4-2-3-16(19)15(17)11-20/h2-4,14H,5-10,12-13H2,1H3/t14-/m0/s1. The summed E-state index contributed by atoms with van der Waals surface area (Å²) >= 11 is 0. The van der Waals surface area contributed by atoms with Crippen LogP contribution >= 0.6 is 0 Å². The molecule has 0 bridgehead atoms. The minimum atomic E-state index is -0.487. The molecule has 0 spiro atoms. The summed E-state index contributed by atoms with van der Waals surface area (Å²) < 4.78 is 19.2. The molecule has 3 rings (SSSR count). The summed E-state index contributed by atoms with van der Waals surface area (Å²) in [5.74, 6) is -0.355. The van der Waals surface area contributed by atoms with Crippen molar-refractivity contribution in [2.75, 3.05) is 57.3 Å². The highest BCUT2D eigenvalue weighted by atomic mass is 19.1. The van der Waals surface area contributed by atoms with Crippen LogP contribution in [0.25, 0.3) is 0 Å². The number of hydrogen-bond acceptors (Lipinski definition) is 5. The van der Waals surface area contributed by atoms with Gasteiger partial charge in [-0.15, -0.1) is 0 Å². The molecule has 0 aromatic heterocycles. The minimum absolute atomic E-state index is 0.0897. The van der Waals surface area contributed by atoms with E-state index in [1.54, 1.807) is 12.1 Å². The summed E-state index contributed by atoms with van der Waals surface area (Å²) in [6, 6.07) is 6.66. The number of carbonyl (C=O) groups is 1. The van der Waals surface area contributed by atoms with Gasteiger partial charge in [0.25, 0.3) is 0 Å². The Morgan fingerprint density at radius 3 is 2.76 bits per heavy atom. The maximum absolute atomic E-state index is 13.8. The first-order valence-electron chi connectivity index (χ1n) is 8.64. The molecule has 1 atom stereocenters. The number of hydrogen-bond donors (Lipinski definition) is 0. The van der Waals surface area contributed by atoms with E-state index in [1.165, 1.54) is 6.07 Å². The Morgan fingerprint density at radius 1 is 1.32 bits per heavy atom. The lowest BCUT2D eigenvalue weighted by Gasteiger charge is -2.38. The van der Waals surface area contributed by atoms with Gasteiger partial charge in [0.15, 0.2) is 0 Å². The maximum atomic E-state index is 13.8. The fourth-order valence-electron chi connectivity index (χ4n) is 3.37. The largest absolute Gasteiger partial charge is 0.375 e. The zero-order valence-corrected chi connectivity index (χ0v) is 14.4. The van der Waals surface area contributed by atoms with Gasteiger partial charge >= 0.3 is 0 Å². The zero-order valence-electron chi connectivity index (χ0n) is 14.4. The Hall–Kier alpha value is -2.17. The lowest BCUT2D eigenvalue weighted by Crippen LogP contribution is -2.52. The minimum Gasteiger partial charge on any atom is -0.375 e. The lowest BCUT2D eigenvalue weighted by molar-refractivity contribution is -0.139. The molecule has 0 radical (unpaired) electrons. The van der Waals surface area contributed by atoms with Crippen LogP contribution in [-0.4, -0.2) is 74.2 Å². The molecule has 6 nitrogen and oxygen atoms in total. The molecule has 2 aliphatic heterocycles. The van der Waals surface area contributed by atoms with Gasteiger partial charge < -0.3 is 14.5 Å². The second-order valence-corrected chi connectivity index (χ2v) is 6.53. The van der Waals surface area contributed by atoms with E-state index in [4.69, 9.17) is 4.74 Å². The summed E-state index contributed by atoms with van der Waals surface area (Å²) in [6.45, 7) is 7.04. The summed E-state index contributed by atoms with van der Waals surface area (Å²) in [5, 5.41) is 9.18. The Bertz CT molecular complexity index is 668. The van der Waals surface area contributed by atoms with Gasteiger partial charge in [-0.3, -0.25) is 9.69 Å². The molecule has 0 saturated carbocycles. The molecule has 7 heteroatoms. The average molecular weight is 346 g/mol. The van der Waals surface area contributed by atoms with Crippen LogP contribution in [0.1, 0.15) is 12.5 Å². The first-order chi connectivity index (χ1) is 12.1. The van der Waals surface area contributed by atoms with E-state index in [0.717, 1.165) is 0 Å². The smallest absolute Gasteiger partial charge is 0.236 e. The number of anilines is 1. The monoisotopic (exact) mass is 346 g/mol. The fraction of sp³-hybridized carbons (Fsp3) is 0.556. The van der Waals surface area contributed by atoms with E-state index in [9.17, 15) is 14.4 Å². The number of morpholine rings is 1. The second-order valence-electron chi connectivity index (χ2n) is 6.53. The number of piperazine rings is 1. The summed E-state index contributed by atoms with van der Waals surface area (Å²) in [6.07, 6.45) is 0.0897. The van der Waals surface area contributed by atoms with E-state index in [0.29, 0.717) is 58.1 Å². The predicted octanol–water partition coefficient (Wildman–Crippen LogP) is 1.07. The van der Waals surface area contributed by atoms with Crippen LogP contribution in [0.5, 0.6) is 0 Å². The number of nitriles is 1. The molecule has 0 N–H and O–H groups in total. The number of nitrogens with zero attached hydrogens (tertiary/aromatic N) is 4. The number of benzene rings is 1. The molecular weight excluding hydrogens is 323 g/mol. The van der Waals surface area contributed by atoms with Gasteiger partial charge in [0, 0.05) is 39.3 Å². The van der Waals surface area contributed by atoms with Gasteiger partial charge in [-0.05, 0) is 19.1 Å². The van der Waals surface area contributed by atoms with Crippen LogP contribution in [0.3, 0.4) is 0 Å². The normalized spacial score (nSPS) is 21.9. The Labute approximate surface area is 147 Å². The van der Waals surface area contributed by atoms with E-state index in [2.05, 4.69) is 4.90 Å². The van der Waals surface area contributed by atoms with E-state index < -0.39 is 5.82 Å². The van der Waals surface area contributed by atoms with Crippen LogP contribution in [0.15, 0.2) is 18.2 Å². The molecule has 2 heterocycles. The third-order valence-electron chi connectivity index (χ3n) is 4.77. The van der Waals surface area contributed by atoms with Crippen LogP contribution in [0.4, 0.5) is 10.1 Å². The van der Waals surface area contributed by atoms with Crippen molar-refractivity contribution in [3.05, 3.63) is 29.6 Å². The van der Waals surface area contributed by atoms with E-state index in [-0.39, 0.29) is 17.6 Å². The Morgan fingerprint density at radius 2 is 2.08 bits per heavy atom. The zero-order chi connectivity index (χ0) is 17.8. The van der Waals surface area contributed by atoms with Gasteiger partial charge in [-0.2, -0.15) is 5.26 Å². The van der Waals surface area contributed by atoms with Crippen molar-refractivity contribution in [2.45, 2.75) is 13.0 Å². The Balaban J connectivity index is 1.55. The number of rotatable bonds is 3. The van der Waals surface area contributed by atoms with E-state index >= 15 is 0 Å². The topological polar surface area (TPSA) is 59.8 Å². The molecule has 2 aliphatic rings. The molecule has 2 fully saturated rings. The van der Waals surface area contributed by atoms with Crippen molar-refractivity contribution in [2.24, 2.45) is 0 Å². The van der Waals surface area contributed by atoms with Gasteiger partial charge in [0.2, 0.25) is 5.91 Å². The molecule has 1 aromatic carbocycles. The van der Waals surface area contributed by atoms with Crippen molar-refractivity contribution in [3.8, 4) is 6.07 Å². The highest BCUT2D eigenvalue weighted by Crippen LogP contribution is 2.23. The van der Waals surface area contributed by atoms with Crippen molar-refractivity contribution < 1.29 is 13.9 Å². The predicted molar refractivity (Wildman–Crippen MR) is 91.8 cm³/mol. The number of amides is 1. The van der Waals surface area contributed by atoms with Crippen LogP contribution < -0.4 is 4.90 Å². The summed E-state index contributed by atoms with van der Waals surface area (Å²) in [7, 11) is 0. The molecule has 1 amide bonds. The van der Waals surface area contributed by atoms with Crippen molar-refractivity contribution in [1.29, 1.82) is 5.26 Å². The number of carbonyl (C=O) groups excluding carboxylic acids is 1. The quantitative estimate of drug-likeness (QED) is 0.819. The molecular formula is C18H23FN4O2. The van der Waals surface area contributed by atoms with Crippen molar-refractivity contribution >= 4 is 11.6 Å². The molecule has 0 aliphatic carbocycles. The van der Waals surface area contributed by atoms with Gasteiger partial charge in [-0.1, -0.05) is 6.07 Å². The molecule has 134 valence electrons. The first kappa shape index (κ1) is 17.6. The molecule has 2 saturated heterocycles. The Kier molecular flexibility index (Phi) is 5.51. The van der Waals surface area contributed by atoms with Gasteiger partial charge in [-0.25, -0.2) is 4.39 Å². The van der Waals surface area contributed by atoms with Crippen molar-refractivity contribution in [3.63, 3.8) is 0 Å². The van der Waals surface area contributed by atoms with Gasteiger partial charge in [0.1, 0.15) is 17.4 Å². The van der Waals surface area contributed by atoms with Crippen LogP contribution in [0.2, 0.25) is 0 Å². The number of halogens is 1. The third-order valence-corrected chi connectivity index (χ3v) is 4.77. The third kappa shape index (κ3) is 4.09. The van der Waals surface area contributed by atoms with E-state index in [1.807, 2.05) is 22.8 Å². The summed E-state index contributed by atoms with van der Waals surface area (Å²) in [5.41, 5.74) is 0.727. The molecule has 25 heavy (non-hydrogen) atoms. The molecule has 0 unspecified atom stereocenters. The molecule has 1 aromatic rings. The van der Waals surface area contributed by atoms with Crippen LogP contribution in [0, 0.1) is 17.1 Å². The highest BCUT2D eigenvalue weighted by molar-refractivity contribution is 5.78. The lowest BCUT2D eigenvalue weighted by atomic mass is 10.1. The first-order valence-corrected chi connectivity index (χ1v) is 8.64. The van der Waals surface area contributed by atoms with Gasteiger partial charge in [0.05, 0.1) is 24.9 Å². The average Bonchev–Trinajstić information content (AvgIpc) is 2.62. The fourth-order valence-corrected chi connectivity index (χ4v) is 3.37. The van der Waals surface area contributed by atoms with Crippen LogP contribution in [-0.2, 0) is 9.53 Å². The second kappa shape index (κ2) is 7.81.